The van der Waals surface area contributed by atoms with Gasteiger partial charge in [-0.15, -0.1) is 0 Å². The fraction of sp³-hybridized carbons (Fsp3) is 0.188. The van der Waals surface area contributed by atoms with Gasteiger partial charge in [0.25, 0.3) is 10.0 Å². The van der Waals surface area contributed by atoms with Gasteiger partial charge in [-0.1, -0.05) is 29.8 Å². The maximum atomic E-state index is 13.0. The van der Waals surface area contributed by atoms with Crippen LogP contribution in [0.3, 0.4) is 0 Å². The highest BCUT2D eigenvalue weighted by atomic mass is 35.5. The van der Waals surface area contributed by atoms with Gasteiger partial charge in [-0.25, -0.2) is 8.42 Å². The number of rotatable bonds is 6. The molecule has 0 aliphatic carbocycles. The van der Waals surface area contributed by atoms with Gasteiger partial charge in [-0.2, -0.15) is 0 Å². The molecule has 128 valence electrons. The van der Waals surface area contributed by atoms with Crippen molar-refractivity contribution in [3.63, 3.8) is 0 Å². The molecule has 0 bridgehead atoms. The van der Waals surface area contributed by atoms with Crippen molar-refractivity contribution >= 4 is 33.2 Å². The predicted molar refractivity (Wildman–Crippen MR) is 93.0 cm³/mol. The Hall–Kier alpha value is -2.25. The third-order valence-corrected chi connectivity index (χ3v) is 5.32. The average molecular weight is 369 g/mol. The summed E-state index contributed by atoms with van der Waals surface area (Å²) in [4.78, 5) is 11.9. The number of hydrogen-bond donors (Lipinski definition) is 1. The molecular weight excluding hydrogens is 352 g/mol. The molecule has 0 aliphatic rings. The van der Waals surface area contributed by atoms with E-state index in [1.165, 1.54) is 32.4 Å². The summed E-state index contributed by atoms with van der Waals surface area (Å²) in [5.41, 5.74) is 0.192. The van der Waals surface area contributed by atoms with E-state index in [1.54, 1.807) is 30.3 Å². The Kier molecular flexibility index (Phi) is 5.69. The zero-order chi connectivity index (χ0) is 17.7. The third-order valence-electron chi connectivity index (χ3n) is 3.31. The molecule has 0 heterocycles. The van der Waals surface area contributed by atoms with E-state index >= 15 is 0 Å². The molecule has 24 heavy (non-hydrogen) atoms. The standard InChI is InChI=1S/C16H17ClN2O4S/c1-18-16(20)11-19(14-10-12(17)8-9-15(14)23-2)24(21,22)13-6-4-3-5-7-13/h3-10H,11H2,1-2H3,(H,18,20). The van der Waals surface area contributed by atoms with Gasteiger partial charge in [-0.3, -0.25) is 9.10 Å². The zero-order valence-electron chi connectivity index (χ0n) is 13.2. The summed E-state index contributed by atoms with van der Waals surface area (Å²) < 4.78 is 32.2. The SMILES string of the molecule is CNC(=O)CN(c1cc(Cl)ccc1OC)S(=O)(=O)c1ccccc1. The molecule has 0 saturated heterocycles. The quantitative estimate of drug-likeness (QED) is 0.848. The molecule has 0 aromatic heterocycles. The van der Waals surface area contributed by atoms with Crippen LogP contribution in [0, 0.1) is 0 Å². The highest BCUT2D eigenvalue weighted by Gasteiger charge is 2.29. The molecule has 0 unspecified atom stereocenters. The van der Waals surface area contributed by atoms with Crippen LogP contribution >= 0.6 is 11.6 Å². The number of nitrogens with zero attached hydrogens (tertiary/aromatic N) is 1. The van der Waals surface area contributed by atoms with Gasteiger partial charge in [-0.05, 0) is 30.3 Å². The minimum Gasteiger partial charge on any atom is -0.495 e. The number of methoxy groups -OCH3 is 1. The first-order valence-electron chi connectivity index (χ1n) is 7.02. The molecule has 0 fully saturated rings. The Morgan fingerprint density at radius 2 is 1.88 bits per heavy atom. The van der Waals surface area contributed by atoms with Crippen molar-refractivity contribution in [2.24, 2.45) is 0 Å². The molecule has 0 radical (unpaired) electrons. The van der Waals surface area contributed by atoms with E-state index in [2.05, 4.69) is 5.32 Å². The number of amides is 1. The molecule has 1 N–H and O–H groups in total. The van der Waals surface area contributed by atoms with Crippen molar-refractivity contribution in [3.8, 4) is 5.75 Å². The van der Waals surface area contributed by atoms with E-state index < -0.39 is 22.5 Å². The fourth-order valence-electron chi connectivity index (χ4n) is 2.09. The minimum absolute atomic E-state index is 0.0657. The van der Waals surface area contributed by atoms with Gasteiger partial charge in [0, 0.05) is 12.1 Å². The van der Waals surface area contributed by atoms with E-state index in [1.807, 2.05) is 0 Å². The number of carbonyl (C=O) groups is 1. The first-order chi connectivity index (χ1) is 11.4. The van der Waals surface area contributed by atoms with Crippen LogP contribution in [0.25, 0.3) is 0 Å². The van der Waals surface area contributed by atoms with Crippen LogP contribution in [0.15, 0.2) is 53.4 Å². The van der Waals surface area contributed by atoms with Crippen molar-refractivity contribution < 1.29 is 17.9 Å². The second-order valence-electron chi connectivity index (χ2n) is 4.81. The van der Waals surface area contributed by atoms with E-state index in [0.717, 1.165) is 4.31 Å². The minimum atomic E-state index is -3.97. The molecule has 0 atom stereocenters. The largest absolute Gasteiger partial charge is 0.495 e. The molecule has 8 heteroatoms. The summed E-state index contributed by atoms with van der Waals surface area (Å²) in [7, 11) is -1.12. The molecule has 0 spiro atoms. The summed E-state index contributed by atoms with van der Waals surface area (Å²) in [6.07, 6.45) is 0. The predicted octanol–water partition coefficient (Wildman–Crippen LogP) is 2.29. The number of carbonyl (C=O) groups excluding carboxylic acids is 1. The number of nitrogens with one attached hydrogen (secondary N) is 1. The molecule has 2 aromatic rings. The average Bonchev–Trinajstić information content (AvgIpc) is 2.60. The number of ether oxygens (including phenoxy) is 1. The summed E-state index contributed by atoms with van der Waals surface area (Å²) in [5, 5.41) is 2.75. The van der Waals surface area contributed by atoms with Crippen LogP contribution in [0.4, 0.5) is 5.69 Å². The van der Waals surface area contributed by atoms with Crippen LogP contribution in [0.1, 0.15) is 0 Å². The molecule has 2 rings (SSSR count). The lowest BCUT2D eigenvalue weighted by Gasteiger charge is -2.25. The number of likely N-dealkylation sites (N-methyl/N-ethyl adjacent to an activating group) is 1. The number of halogens is 1. The molecule has 0 saturated carbocycles. The Bertz CT molecular complexity index is 825. The second-order valence-corrected chi connectivity index (χ2v) is 7.11. The highest BCUT2D eigenvalue weighted by molar-refractivity contribution is 7.92. The molecule has 6 nitrogen and oxygen atoms in total. The van der Waals surface area contributed by atoms with Crippen molar-refractivity contribution in [3.05, 3.63) is 53.6 Å². The van der Waals surface area contributed by atoms with Crippen LogP contribution in [0.5, 0.6) is 5.75 Å². The summed E-state index contributed by atoms with van der Waals surface area (Å²) in [5.74, 6) is -0.167. The Labute approximate surface area is 146 Å². The Morgan fingerprint density at radius 1 is 1.21 bits per heavy atom. The van der Waals surface area contributed by atoms with Crippen LogP contribution in [0.2, 0.25) is 5.02 Å². The van der Waals surface area contributed by atoms with Gasteiger partial charge in [0.1, 0.15) is 12.3 Å². The van der Waals surface area contributed by atoms with Crippen molar-refractivity contribution in [1.29, 1.82) is 0 Å². The fourth-order valence-corrected chi connectivity index (χ4v) is 3.70. The first-order valence-corrected chi connectivity index (χ1v) is 8.84. The topological polar surface area (TPSA) is 75.7 Å². The van der Waals surface area contributed by atoms with Gasteiger partial charge >= 0.3 is 0 Å². The van der Waals surface area contributed by atoms with E-state index in [-0.39, 0.29) is 10.6 Å². The molecule has 0 aliphatic heterocycles. The first kappa shape index (κ1) is 18.1. The summed E-state index contributed by atoms with van der Waals surface area (Å²) >= 11 is 6.01. The number of hydrogen-bond acceptors (Lipinski definition) is 4. The number of benzene rings is 2. The molecular formula is C16H17ClN2O4S. The van der Waals surface area contributed by atoms with Crippen molar-refractivity contribution in [1.82, 2.24) is 5.32 Å². The molecule has 1 amide bonds. The number of anilines is 1. The van der Waals surface area contributed by atoms with Gasteiger partial charge in [0.2, 0.25) is 5.91 Å². The van der Waals surface area contributed by atoms with E-state index in [0.29, 0.717) is 10.8 Å². The summed E-state index contributed by atoms with van der Waals surface area (Å²) in [6.45, 7) is -0.398. The molecule has 2 aromatic carbocycles. The second kappa shape index (κ2) is 7.55. The zero-order valence-corrected chi connectivity index (χ0v) is 14.8. The summed E-state index contributed by atoms with van der Waals surface area (Å²) in [6, 6.07) is 12.4. The van der Waals surface area contributed by atoms with Gasteiger partial charge < -0.3 is 10.1 Å². The van der Waals surface area contributed by atoms with Gasteiger partial charge in [0.05, 0.1) is 17.7 Å². The van der Waals surface area contributed by atoms with Gasteiger partial charge in [0.15, 0.2) is 0 Å². The third kappa shape index (κ3) is 3.80. The van der Waals surface area contributed by atoms with Crippen LogP contribution < -0.4 is 14.4 Å². The van der Waals surface area contributed by atoms with E-state index in [9.17, 15) is 13.2 Å². The smallest absolute Gasteiger partial charge is 0.264 e. The maximum absolute atomic E-state index is 13.0. The lowest BCUT2D eigenvalue weighted by atomic mass is 10.3. The monoisotopic (exact) mass is 368 g/mol. The maximum Gasteiger partial charge on any atom is 0.264 e. The van der Waals surface area contributed by atoms with Crippen LogP contribution in [-0.2, 0) is 14.8 Å². The lowest BCUT2D eigenvalue weighted by molar-refractivity contribution is -0.119. The Morgan fingerprint density at radius 3 is 2.46 bits per heavy atom. The van der Waals surface area contributed by atoms with Crippen LogP contribution in [-0.4, -0.2) is 35.0 Å². The normalized spacial score (nSPS) is 11.0. The Balaban J connectivity index is 2.62. The van der Waals surface area contributed by atoms with Crippen molar-refractivity contribution in [2.45, 2.75) is 4.90 Å². The highest BCUT2D eigenvalue weighted by Crippen LogP contribution is 2.34. The number of sulfonamides is 1. The lowest BCUT2D eigenvalue weighted by Crippen LogP contribution is -2.40. The van der Waals surface area contributed by atoms with E-state index in [4.69, 9.17) is 16.3 Å². The van der Waals surface area contributed by atoms with Crippen molar-refractivity contribution in [2.75, 3.05) is 25.0 Å².